The highest BCUT2D eigenvalue weighted by molar-refractivity contribution is 5.97. The van der Waals surface area contributed by atoms with Gasteiger partial charge in [-0.3, -0.25) is 0 Å². The summed E-state index contributed by atoms with van der Waals surface area (Å²) in [5.74, 6) is 0. The number of aryl methyl sites for hydroxylation is 1. The lowest BCUT2D eigenvalue weighted by molar-refractivity contribution is 0.867. The Labute approximate surface area is 118 Å². The molecule has 0 amide bonds. The third kappa shape index (κ3) is 1.98. The standard InChI is InChI=1S/C16H18N4/c1-11-16(13-5-3-4-6-15(13)20(11)2)14-8-7-12(9-10-17)18-19-14/h3-8H,9-10,17H2,1-2H3. The van der Waals surface area contributed by atoms with Crippen molar-refractivity contribution >= 4 is 10.9 Å². The fourth-order valence-corrected chi connectivity index (χ4v) is 2.62. The average molecular weight is 266 g/mol. The highest BCUT2D eigenvalue weighted by Crippen LogP contribution is 2.32. The van der Waals surface area contributed by atoms with Crippen molar-refractivity contribution in [2.45, 2.75) is 13.3 Å². The summed E-state index contributed by atoms with van der Waals surface area (Å²) in [7, 11) is 2.08. The molecule has 3 rings (SSSR count). The molecule has 0 spiro atoms. The summed E-state index contributed by atoms with van der Waals surface area (Å²) in [5, 5.41) is 9.85. The maximum atomic E-state index is 5.54. The summed E-state index contributed by atoms with van der Waals surface area (Å²) in [6, 6.07) is 12.4. The van der Waals surface area contributed by atoms with E-state index in [2.05, 4.69) is 53.0 Å². The van der Waals surface area contributed by atoms with Crippen LogP contribution in [-0.4, -0.2) is 21.3 Å². The molecule has 0 fully saturated rings. The molecule has 4 nitrogen and oxygen atoms in total. The van der Waals surface area contributed by atoms with Gasteiger partial charge in [0.25, 0.3) is 0 Å². The second-order valence-electron chi connectivity index (χ2n) is 4.99. The van der Waals surface area contributed by atoms with Gasteiger partial charge in [0.05, 0.1) is 11.4 Å². The normalized spacial score (nSPS) is 11.2. The fraction of sp³-hybridized carbons (Fsp3) is 0.250. The molecule has 3 aromatic rings. The predicted octanol–water partition coefficient (Wildman–Crippen LogP) is 2.44. The van der Waals surface area contributed by atoms with Crippen molar-refractivity contribution in [2.75, 3.05) is 6.54 Å². The van der Waals surface area contributed by atoms with Crippen LogP contribution in [0.4, 0.5) is 0 Å². The second kappa shape index (κ2) is 5.06. The Bertz CT molecular complexity index is 741. The Morgan fingerprint density at radius 2 is 1.90 bits per heavy atom. The van der Waals surface area contributed by atoms with Gasteiger partial charge in [-0.1, -0.05) is 18.2 Å². The first-order chi connectivity index (χ1) is 9.72. The molecular formula is C16H18N4. The summed E-state index contributed by atoms with van der Waals surface area (Å²) < 4.78 is 2.19. The summed E-state index contributed by atoms with van der Waals surface area (Å²) in [6.45, 7) is 2.71. The summed E-state index contributed by atoms with van der Waals surface area (Å²) in [5.41, 5.74) is 11.0. The molecular weight excluding hydrogens is 248 g/mol. The van der Waals surface area contributed by atoms with Crippen molar-refractivity contribution in [3.63, 3.8) is 0 Å². The Morgan fingerprint density at radius 3 is 2.60 bits per heavy atom. The van der Waals surface area contributed by atoms with Gasteiger partial charge in [0.15, 0.2) is 0 Å². The van der Waals surface area contributed by atoms with Crippen LogP contribution in [0, 0.1) is 6.92 Å². The van der Waals surface area contributed by atoms with Gasteiger partial charge in [-0.05, 0) is 31.7 Å². The first-order valence-electron chi connectivity index (χ1n) is 6.79. The van der Waals surface area contributed by atoms with Crippen LogP contribution in [0.2, 0.25) is 0 Å². The van der Waals surface area contributed by atoms with Gasteiger partial charge in [-0.15, -0.1) is 0 Å². The van der Waals surface area contributed by atoms with E-state index in [1.54, 1.807) is 0 Å². The minimum Gasteiger partial charge on any atom is -0.347 e. The van der Waals surface area contributed by atoms with E-state index in [4.69, 9.17) is 5.73 Å². The monoisotopic (exact) mass is 266 g/mol. The topological polar surface area (TPSA) is 56.7 Å². The van der Waals surface area contributed by atoms with Crippen LogP contribution in [-0.2, 0) is 13.5 Å². The molecule has 2 heterocycles. The molecule has 0 unspecified atom stereocenters. The minimum absolute atomic E-state index is 0.599. The van der Waals surface area contributed by atoms with Crippen LogP contribution in [0.5, 0.6) is 0 Å². The lowest BCUT2D eigenvalue weighted by atomic mass is 10.1. The van der Waals surface area contributed by atoms with Crippen molar-refractivity contribution < 1.29 is 0 Å². The third-order valence-electron chi connectivity index (χ3n) is 3.78. The largest absolute Gasteiger partial charge is 0.347 e. The number of hydrogen-bond acceptors (Lipinski definition) is 3. The van der Waals surface area contributed by atoms with E-state index in [-0.39, 0.29) is 0 Å². The van der Waals surface area contributed by atoms with Crippen molar-refractivity contribution in [3.05, 3.63) is 47.8 Å². The van der Waals surface area contributed by atoms with Gasteiger partial charge < -0.3 is 10.3 Å². The molecule has 2 aromatic heterocycles. The Morgan fingerprint density at radius 1 is 1.10 bits per heavy atom. The van der Waals surface area contributed by atoms with Gasteiger partial charge in [-0.25, -0.2) is 0 Å². The van der Waals surface area contributed by atoms with Crippen LogP contribution >= 0.6 is 0 Å². The molecule has 0 bridgehead atoms. The molecule has 0 radical (unpaired) electrons. The van der Waals surface area contributed by atoms with Crippen LogP contribution < -0.4 is 5.73 Å². The molecule has 0 saturated carbocycles. The van der Waals surface area contributed by atoms with Crippen molar-refractivity contribution in [3.8, 4) is 11.3 Å². The zero-order valence-corrected chi connectivity index (χ0v) is 11.8. The molecule has 1 aromatic carbocycles. The van der Waals surface area contributed by atoms with Crippen molar-refractivity contribution in [2.24, 2.45) is 12.8 Å². The first kappa shape index (κ1) is 12.8. The van der Waals surface area contributed by atoms with E-state index in [0.717, 1.165) is 23.4 Å². The summed E-state index contributed by atoms with van der Waals surface area (Å²) in [4.78, 5) is 0. The lowest BCUT2D eigenvalue weighted by Gasteiger charge is -2.03. The van der Waals surface area contributed by atoms with Crippen molar-refractivity contribution in [1.29, 1.82) is 0 Å². The van der Waals surface area contributed by atoms with Crippen molar-refractivity contribution in [1.82, 2.24) is 14.8 Å². The molecule has 0 aliphatic rings. The van der Waals surface area contributed by atoms with Gasteiger partial charge in [-0.2, -0.15) is 10.2 Å². The van der Waals surface area contributed by atoms with E-state index in [1.807, 2.05) is 12.1 Å². The minimum atomic E-state index is 0.599. The lowest BCUT2D eigenvalue weighted by Crippen LogP contribution is -2.05. The molecule has 2 N–H and O–H groups in total. The number of benzene rings is 1. The number of nitrogens with two attached hydrogens (primary N) is 1. The first-order valence-corrected chi connectivity index (χ1v) is 6.79. The van der Waals surface area contributed by atoms with Crippen LogP contribution in [0.1, 0.15) is 11.4 Å². The number of hydrogen-bond donors (Lipinski definition) is 1. The number of aromatic nitrogens is 3. The second-order valence-corrected chi connectivity index (χ2v) is 4.99. The van der Waals surface area contributed by atoms with E-state index in [1.165, 1.54) is 16.6 Å². The number of rotatable bonds is 3. The summed E-state index contributed by atoms with van der Waals surface area (Å²) in [6.07, 6.45) is 0.766. The van der Waals surface area contributed by atoms with Gasteiger partial charge >= 0.3 is 0 Å². The molecule has 4 heteroatoms. The molecule has 0 aliphatic carbocycles. The van der Waals surface area contributed by atoms with E-state index >= 15 is 0 Å². The van der Waals surface area contributed by atoms with Crippen LogP contribution in [0.25, 0.3) is 22.2 Å². The van der Waals surface area contributed by atoms with Crippen LogP contribution in [0.3, 0.4) is 0 Å². The number of nitrogens with zero attached hydrogens (tertiary/aromatic N) is 3. The Balaban J connectivity index is 2.16. The average Bonchev–Trinajstić information content (AvgIpc) is 2.73. The predicted molar refractivity (Wildman–Crippen MR) is 81.4 cm³/mol. The van der Waals surface area contributed by atoms with E-state index in [9.17, 15) is 0 Å². The van der Waals surface area contributed by atoms with Gasteiger partial charge in [0.1, 0.15) is 0 Å². The fourth-order valence-electron chi connectivity index (χ4n) is 2.62. The molecule has 0 aliphatic heterocycles. The Kier molecular flexibility index (Phi) is 3.24. The molecule has 0 atom stereocenters. The van der Waals surface area contributed by atoms with Gasteiger partial charge in [0, 0.05) is 35.6 Å². The number of para-hydroxylation sites is 1. The van der Waals surface area contributed by atoms with E-state index < -0.39 is 0 Å². The third-order valence-corrected chi connectivity index (χ3v) is 3.78. The number of fused-ring (bicyclic) bond motifs is 1. The highest BCUT2D eigenvalue weighted by atomic mass is 15.1. The van der Waals surface area contributed by atoms with Gasteiger partial charge in [0.2, 0.25) is 0 Å². The molecule has 102 valence electrons. The quantitative estimate of drug-likeness (QED) is 0.792. The highest BCUT2D eigenvalue weighted by Gasteiger charge is 2.14. The van der Waals surface area contributed by atoms with E-state index in [0.29, 0.717) is 6.54 Å². The van der Waals surface area contributed by atoms with Crippen LogP contribution in [0.15, 0.2) is 36.4 Å². The maximum absolute atomic E-state index is 5.54. The SMILES string of the molecule is Cc1c(-c2ccc(CCN)nn2)c2ccccc2n1C. The smallest absolute Gasteiger partial charge is 0.0954 e. The Hall–Kier alpha value is -2.20. The zero-order chi connectivity index (χ0) is 14.1. The zero-order valence-electron chi connectivity index (χ0n) is 11.8. The molecule has 0 saturated heterocycles. The molecule has 20 heavy (non-hydrogen) atoms. The summed E-state index contributed by atoms with van der Waals surface area (Å²) >= 11 is 0. The maximum Gasteiger partial charge on any atom is 0.0954 e.